The second kappa shape index (κ2) is 7.07. The summed E-state index contributed by atoms with van der Waals surface area (Å²) >= 11 is 0. The van der Waals surface area contributed by atoms with Crippen LogP contribution in [0.2, 0.25) is 0 Å². The molecule has 1 unspecified atom stereocenters. The Hall–Kier alpha value is -2.52. The predicted molar refractivity (Wildman–Crippen MR) is 98.7 cm³/mol. The third kappa shape index (κ3) is 3.38. The van der Waals surface area contributed by atoms with Crippen molar-refractivity contribution in [3.63, 3.8) is 0 Å². The molecular weight excluding hydrogens is 387 g/mol. The second-order valence-electron chi connectivity index (χ2n) is 7.81. The van der Waals surface area contributed by atoms with Crippen LogP contribution < -0.4 is 5.32 Å². The molecule has 0 aromatic carbocycles. The van der Waals surface area contributed by atoms with Gasteiger partial charge in [0, 0.05) is 25.1 Å². The molecule has 1 amide bonds. The highest BCUT2D eigenvalue weighted by Gasteiger charge is 2.46. The Morgan fingerprint density at radius 3 is 2.86 bits per heavy atom. The number of nitrogens with one attached hydrogen (secondary N) is 1. The van der Waals surface area contributed by atoms with E-state index in [1.54, 1.807) is 24.8 Å². The van der Waals surface area contributed by atoms with Gasteiger partial charge >= 0.3 is 6.18 Å². The average molecular weight is 411 g/mol. The maximum atomic E-state index is 13.5. The van der Waals surface area contributed by atoms with E-state index in [9.17, 15) is 18.0 Å². The van der Waals surface area contributed by atoms with E-state index < -0.39 is 12.2 Å². The Balaban J connectivity index is 1.67. The molecule has 1 fully saturated rings. The summed E-state index contributed by atoms with van der Waals surface area (Å²) in [7, 11) is 0. The molecule has 10 heteroatoms. The summed E-state index contributed by atoms with van der Waals surface area (Å²) < 4.78 is 46.9. The number of anilines is 1. The number of hydrogen-bond acceptors (Lipinski definition) is 5. The summed E-state index contributed by atoms with van der Waals surface area (Å²) in [5.41, 5.74) is 1.45. The zero-order valence-electron chi connectivity index (χ0n) is 16.6. The topological polar surface area (TPSA) is 76.2 Å². The third-order valence-electron chi connectivity index (χ3n) is 5.72. The SMILES string of the molecule is CCc1onc(C)c1C(=O)N1CCCC1c1cc2n(n1)[C@@H](C(F)(F)F)C[C@@H](C)N2. The third-order valence-corrected chi connectivity index (χ3v) is 5.72. The lowest BCUT2D eigenvalue weighted by atomic mass is 10.1. The lowest BCUT2D eigenvalue weighted by Crippen LogP contribution is -2.38. The van der Waals surface area contributed by atoms with Crippen molar-refractivity contribution in [2.75, 3.05) is 11.9 Å². The van der Waals surface area contributed by atoms with Crippen LogP contribution in [0.5, 0.6) is 0 Å². The molecule has 0 saturated carbocycles. The number of aromatic nitrogens is 3. The molecule has 7 nitrogen and oxygen atoms in total. The summed E-state index contributed by atoms with van der Waals surface area (Å²) in [6.07, 6.45) is -2.51. The highest BCUT2D eigenvalue weighted by molar-refractivity contribution is 5.96. The second-order valence-corrected chi connectivity index (χ2v) is 7.81. The van der Waals surface area contributed by atoms with Gasteiger partial charge in [0.1, 0.15) is 17.1 Å². The number of rotatable bonds is 3. The van der Waals surface area contributed by atoms with E-state index in [1.807, 2.05) is 6.92 Å². The summed E-state index contributed by atoms with van der Waals surface area (Å²) in [6, 6.07) is -0.705. The molecule has 0 spiro atoms. The van der Waals surface area contributed by atoms with Crippen LogP contribution in [-0.2, 0) is 6.42 Å². The minimum absolute atomic E-state index is 0.0787. The first-order chi connectivity index (χ1) is 13.7. The van der Waals surface area contributed by atoms with Gasteiger partial charge in [-0.25, -0.2) is 4.68 Å². The number of fused-ring (bicyclic) bond motifs is 1. The van der Waals surface area contributed by atoms with Crippen LogP contribution in [0.25, 0.3) is 0 Å². The molecule has 2 aromatic heterocycles. The molecule has 1 N–H and O–H groups in total. The number of aryl methyl sites for hydroxylation is 2. The Labute approximate surface area is 166 Å². The standard InChI is InChI=1S/C19H24F3N5O2/c1-4-14-17(11(3)25-29-14)18(28)26-7-5-6-13(26)12-9-16-23-10(2)8-15(19(20,21)22)27(16)24-12/h9-10,13,15,23H,4-8H2,1-3H3/t10-,13?,15-/m1/s1. The maximum Gasteiger partial charge on any atom is 0.410 e. The first-order valence-electron chi connectivity index (χ1n) is 9.89. The molecule has 4 rings (SSSR count). The fourth-order valence-electron chi connectivity index (χ4n) is 4.33. The minimum atomic E-state index is -4.38. The number of halogens is 3. The number of carbonyl (C=O) groups excluding carboxylic acids is 1. The zero-order chi connectivity index (χ0) is 20.9. The molecule has 2 aliphatic heterocycles. The highest BCUT2D eigenvalue weighted by Crippen LogP contribution is 2.42. The quantitative estimate of drug-likeness (QED) is 0.825. The lowest BCUT2D eigenvalue weighted by Gasteiger charge is -2.31. The van der Waals surface area contributed by atoms with Crippen molar-refractivity contribution in [3.8, 4) is 0 Å². The van der Waals surface area contributed by atoms with E-state index in [2.05, 4.69) is 15.6 Å². The largest absolute Gasteiger partial charge is 0.410 e. The van der Waals surface area contributed by atoms with Crippen molar-refractivity contribution in [1.82, 2.24) is 19.8 Å². The number of nitrogens with zero attached hydrogens (tertiary/aromatic N) is 4. The lowest BCUT2D eigenvalue weighted by molar-refractivity contribution is -0.173. The van der Waals surface area contributed by atoms with Gasteiger partial charge in [-0.05, 0) is 33.1 Å². The number of amides is 1. The smallest absolute Gasteiger partial charge is 0.368 e. The number of carbonyl (C=O) groups is 1. The van der Waals surface area contributed by atoms with Gasteiger partial charge in [0.2, 0.25) is 0 Å². The summed E-state index contributed by atoms with van der Waals surface area (Å²) in [4.78, 5) is 14.9. The van der Waals surface area contributed by atoms with Crippen LogP contribution in [0.3, 0.4) is 0 Å². The molecule has 4 heterocycles. The van der Waals surface area contributed by atoms with E-state index in [0.717, 1.165) is 11.1 Å². The van der Waals surface area contributed by atoms with Gasteiger partial charge < -0.3 is 14.7 Å². The number of alkyl halides is 3. The predicted octanol–water partition coefficient (Wildman–Crippen LogP) is 4.03. The van der Waals surface area contributed by atoms with E-state index in [0.29, 0.717) is 47.9 Å². The fourth-order valence-corrected chi connectivity index (χ4v) is 4.33. The van der Waals surface area contributed by atoms with E-state index >= 15 is 0 Å². The van der Waals surface area contributed by atoms with Crippen molar-refractivity contribution >= 4 is 11.7 Å². The van der Waals surface area contributed by atoms with E-state index in [1.165, 1.54) is 0 Å². The highest BCUT2D eigenvalue weighted by atomic mass is 19.4. The summed E-state index contributed by atoms with van der Waals surface area (Å²) in [6.45, 7) is 5.84. The normalized spacial score (nSPS) is 24.5. The van der Waals surface area contributed by atoms with Crippen molar-refractivity contribution in [2.24, 2.45) is 0 Å². The van der Waals surface area contributed by atoms with E-state index in [-0.39, 0.29) is 24.4 Å². The monoisotopic (exact) mass is 411 g/mol. The van der Waals surface area contributed by atoms with Gasteiger partial charge in [0.25, 0.3) is 5.91 Å². The van der Waals surface area contributed by atoms with E-state index in [4.69, 9.17) is 4.52 Å². The van der Waals surface area contributed by atoms with Crippen LogP contribution in [0.4, 0.5) is 19.0 Å². The van der Waals surface area contributed by atoms with Gasteiger partial charge in [-0.3, -0.25) is 4.79 Å². The Morgan fingerprint density at radius 1 is 1.41 bits per heavy atom. The molecule has 2 aliphatic rings. The van der Waals surface area contributed by atoms with Crippen molar-refractivity contribution in [3.05, 3.63) is 28.8 Å². The van der Waals surface area contributed by atoms with Crippen molar-refractivity contribution in [1.29, 1.82) is 0 Å². The van der Waals surface area contributed by atoms with Crippen LogP contribution in [0, 0.1) is 6.92 Å². The number of hydrogen-bond donors (Lipinski definition) is 1. The van der Waals surface area contributed by atoms with Crippen LogP contribution in [-0.4, -0.2) is 44.5 Å². The molecule has 2 aromatic rings. The van der Waals surface area contributed by atoms with Crippen LogP contribution in [0.15, 0.2) is 10.6 Å². The molecule has 0 bridgehead atoms. The molecule has 3 atom stereocenters. The van der Waals surface area contributed by atoms with Gasteiger partial charge in [-0.15, -0.1) is 0 Å². The Bertz CT molecular complexity index is 920. The average Bonchev–Trinajstić information content (AvgIpc) is 3.36. The van der Waals surface area contributed by atoms with Gasteiger partial charge in [-0.1, -0.05) is 12.1 Å². The van der Waals surface area contributed by atoms with Gasteiger partial charge in [0.15, 0.2) is 6.04 Å². The first-order valence-corrected chi connectivity index (χ1v) is 9.89. The molecule has 1 saturated heterocycles. The zero-order valence-corrected chi connectivity index (χ0v) is 16.6. The van der Waals surface area contributed by atoms with Crippen LogP contribution >= 0.6 is 0 Å². The Kier molecular flexibility index (Phi) is 4.82. The first kappa shape index (κ1) is 19.8. The Morgan fingerprint density at radius 2 is 2.17 bits per heavy atom. The number of likely N-dealkylation sites (tertiary alicyclic amines) is 1. The molecule has 0 aliphatic carbocycles. The molecular formula is C19H24F3N5O2. The fraction of sp³-hybridized carbons (Fsp3) is 0.632. The summed E-state index contributed by atoms with van der Waals surface area (Å²) in [5, 5.41) is 11.3. The van der Waals surface area contributed by atoms with Crippen molar-refractivity contribution in [2.45, 2.75) is 70.8 Å². The van der Waals surface area contributed by atoms with Gasteiger partial charge in [0.05, 0.1) is 17.4 Å². The molecule has 158 valence electrons. The van der Waals surface area contributed by atoms with Crippen molar-refractivity contribution < 1.29 is 22.5 Å². The molecule has 29 heavy (non-hydrogen) atoms. The maximum absolute atomic E-state index is 13.5. The van der Waals surface area contributed by atoms with Crippen LogP contribution in [0.1, 0.15) is 72.7 Å². The molecule has 0 radical (unpaired) electrons. The van der Waals surface area contributed by atoms with Gasteiger partial charge in [-0.2, -0.15) is 18.3 Å². The summed E-state index contributed by atoms with van der Waals surface area (Å²) in [5.74, 6) is 0.661. The minimum Gasteiger partial charge on any atom is -0.368 e.